The van der Waals surface area contributed by atoms with Crippen LogP contribution in [0.5, 0.6) is 5.75 Å². The fourth-order valence-electron chi connectivity index (χ4n) is 2.13. The van der Waals surface area contributed by atoms with Gasteiger partial charge in [-0.25, -0.2) is 0 Å². The van der Waals surface area contributed by atoms with Crippen LogP contribution in [0.2, 0.25) is 0 Å². The number of hydrogen-bond acceptors (Lipinski definition) is 3. The number of aryl methyl sites for hydroxylation is 1. The van der Waals surface area contributed by atoms with Crippen molar-refractivity contribution in [2.24, 2.45) is 0 Å². The molecule has 0 aliphatic heterocycles. The highest BCUT2D eigenvalue weighted by atomic mass is 32.1. The Hall–Kier alpha value is -1.32. The molecule has 1 saturated carbocycles. The van der Waals surface area contributed by atoms with Gasteiger partial charge in [-0.3, -0.25) is 0 Å². The Balaban J connectivity index is 1.69. The van der Waals surface area contributed by atoms with Crippen LogP contribution >= 0.6 is 11.3 Å². The van der Waals surface area contributed by atoms with Crippen molar-refractivity contribution in [3.63, 3.8) is 0 Å². The molecule has 1 heterocycles. The van der Waals surface area contributed by atoms with Crippen molar-refractivity contribution < 1.29 is 4.74 Å². The molecule has 1 aliphatic rings. The summed E-state index contributed by atoms with van der Waals surface area (Å²) in [4.78, 5) is 0. The van der Waals surface area contributed by atoms with Gasteiger partial charge in [0.15, 0.2) is 0 Å². The van der Waals surface area contributed by atoms with Gasteiger partial charge in [0.25, 0.3) is 0 Å². The molecule has 1 aromatic carbocycles. The minimum Gasteiger partial charge on any atom is -0.488 e. The molecule has 2 nitrogen and oxygen atoms in total. The first-order valence-electron chi connectivity index (χ1n) is 6.78. The van der Waals surface area contributed by atoms with Gasteiger partial charge in [-0.05, 0) is 47.7 Å². The van der Waals surface area contributed by atoms with E-state index in [0.29, 0.717) is 6.61 Å². The number of benzene rings is 1. The van der Waals surface area contributed by atoms with E-state index in [0.717, 1.165) is 18.3 Å². The quantitative estimate of drug-likeness (QED) is 0.862. The maximum Gasteiger partial charge on any atom is 0.127 e. The number of thiophene rings is 1. The molecule has 100 valence electrons. The van der Waals surface area contributed by atoms with Crippen LogP contribution in [0.1, 0.15) is 29.5 Å². The van der Waals surface area contributed by atoms with Crippen LogP contribution in [0.15, 0.2) is 35.0 Å². The maximum atomic E-state index is 6.03. The smallest absolute Gasteiger partial charge is 0.127 e. The second-order valence-electron chi connectivity index (χ2n) is 5.14. The molecule has 3 rings (SSSR count). The van der Waals surface area contributed by atoms with Crippen molar-refractivity contribution in [3.05, 3.63) is 51.7 Å². The molecule has 0 atom stereocenters. The van der Waals surface area contributed by atoms with Crippen molar-refractivity contribution in [1.29, 1.82) is 0 Å². The zero-order chi connectivity index (χ0) is 13.1. The van der Waals surface area contributed by atoms with E-state index in [1.165, 1.54) is 29.5 Å². The van der Waals surface area contributed by atoms with Gasteiger partial charge in [0, 0.05) is 18.2 Å². The van der Waals surface area contributed by atoms with E-state index in [1.54, 1.807) is 11.3 Å². The maximum absolute atomic E-state index is 6.03. The van der Waals surface area contributed by atoms with Gasteiger partial charge in [0.2, 0.25) is 0 Å². The standard InChI is InChI=1S/C16H19NOS/c1-12-3-2-4-14(9-17-15-5-6-15)16(12)18-10-13-7-8-19-11-13/h2-4,7-8,11,15,17H,5-6,9-10H2,1H3. The van der Waals surface area contributed by atoms with E-state index in [9.17, 15) is 0 Å². The van der Waals surface area contributed by atoms with Crippen LogP contribution in [-0.2, 0) is 13.2 Å². The average molecular weight is 273 g/mol. The van der Waals surface area contributed by atoms with Crippen molar-refractivity contribution in [1.82, 2.24) is 5.32 Å². The van der Waals surface area contributed by atoms with Gasteiger partial charge in [0.1, 0.15) is 12.4 Å². The number of nitrogens with one attached hydrogen (secondary N) is 1. The number of para-hydroxylation sites is 1. The van der Waals surface area contributed by atoms with Crippen LogP contribution in [0, 0.1) is 6.92 Å². The summed E-state index contributed by atoms with van der Waals surface area (Å²) in [5, 5.41) is 7.78. The van der Waals surface area contributed by atoms with Gasteiger partial charge in [-0.2, -0.15) is 11.3 Å². The van der Waals surface area contributed by atoms with Crippen molar-refractivity contribution in [2.45, 2.75) is 39.0 Å². The molecule has 19 heavy (non-hydrogen) atoms. The molecule has 1 fully saturated rings. The molecular weight excluding hydrogens is 254 g/mol. The lowest BCUT2D eigenvalue weighted by atomic mass is 10.1. The van der Waals surface area contributed by atoms with Crippen LogP contribution in [0.3, 0.4) is 0 Å². The van der Waals surface area contributed by atoms with Crippen LogP contribution in [0.4, 0.5) is 0 Å². The Bertz CT molecular complexity index is 532. The Kier molecular flexibility index (Phi) is 3.85. The number of hydrogen-bond donors (Lipinski definition) is 1. The van der Waals surface area contributed by atoms with Gasteiger partial charge >= 0.3 is 0 Å². The molecule has 0 unspecified atom stereocenters. The molecule has 3 heteroatoms. The summed E-state index contributed by atoms with van der Waals surface area (Å²) in [7, 11) is 0. The molecule has 0 saturated heterocycles. The third-order valence-electron chi connectivity index (χ3n) is 3.42. The Morgan fingerprint density at radius 3 is 2.95 bits per heavy atom. The second-order valence-corrected chi connectivity index (χ2v) is 5.92. The number of rotatable bonds is 6. The molecule has 1 N–H and O–H groups in total. The van der Waals surface area contributed by atoms with E-state index in [-0.39, 0.29) is 0 Å². The molecule has 0 amide bonds. The molecule has 0 spiro atoms. The summed E-state index contributed by atoms with van der Waals surface area (Å²) < 4.78 is 6.03. The minimum absolute atomic E-state index is 0.658. The second kappa shape index (κ2) is 5.76. The van der Waals surface area contributed by atoms with Crippen LogP contribution < -0.4 is 10.1 Å². The highest BCUT2D eigenvalue weighted by Crippen LogP contribution is 2.26. The lowest BCUT2D eigenvalue weighted by molar-refractivity contribution is 0.300. The number of ether oxygens (including phenoxy) is 1. The van der Waals surface area contributed by atoms with Crippen molar-refractivity contribution >= 4 is 11.3 Å². The predicted octanol–water partition coefficient (Wildman–Crippen LogP) is 3.89. The SMILES string of the molecule is Cc1cccc(CNC2CC2)c1OCc1ccsc1. The average Bonchev–Trinajstić information content (AvgIpc) is 3.10. The third kappa shape index (κ3) is 3.37. The zero-order valence-corrected chi connectivity index (χ0v) is 12.0. The Morgan fingerprint density at radius 1 is 1.32 bits per heavy atom. The Labute approximate surface area is 118 Å². The summed E-state index contributed by atoms with van der Waals surface area (Å²) in [6.07, 6.45) is 2.63. The predicted molar refractivity (Wildman–Crippen MR) is 79.7 cm³/mol. The summed E-state index contributed by atoms with van der Waals surface area (Å²) >= 11 is 1.71. The molecule has 2 aromatic rings. The van der Waals surface area contributed by atoms with Gasteiger partial charge in [-0.1, -0.05) is 18.2 Å². The summed E-state index contributed by atoms with van der Waals surface area (Å²) in [5.41, 5.74) is 3.72. The zero-order valence-electron chi connectivity index (χ0n) is 11.2. The fourth-order valence-corrected chi connectivity index (χ4v) is 2.78. The van der Waals surface area contributed by atoms with Crippen LogP contribution in [-0.4, -0.2) is 6.04 Å². The fraction of sp³-hybridized carbons (Fsp3) is 0.375. The lowest BCUT2D eigenvalue weighted by Gasteiger charge is -2.14. The van der Waals surface area contributed by atoms with E-state index in [4.69, 9.17) is 4.74 Å². The first-order valence-corrected chi connectivity index (χ1v) is 7.73. The Morgan fingerprint density at radius 2 is 2.21 bits per heavy atom. The largest absolute Gasteiger partial charge is 0.488 e. The molecule has 1 aliphatic carbocycles. The van der Waals surface area contributed by atoms with E-state index >= 15 is 0 Å². The highest BCUT2D eigenvalue weighted by Gasteiger charge is 2.20. The molecule has 0 radical (unpaired) electrons. The van der Waals surface area contributed by atoms with Gasteiger partial charge in [0.05, 0.1) is 0 Å². The monoisotopic (exact) mass is 273 g/mol. The van der Waals surface area contributed by atoms with Crippen molar-refractivity contribution in [2.75, 3.05) is 0 Å². The third-order valence-corrected chi connectivity index (χ3v) is 4.15. The normalized spacial score (nSPS) is 14.6. The van der Waals surface area contributed by atoms with E-state index in [1.807, 2.05) is 0 Å². The minimum atomic E-state index is 0.658. The molecule has 1 aromatic heterocycles. The molecule has 0 bridgehead atoms. The summed E-state index contributed by atoms with van der Waals surface area (Å²) in [6, 6.07) is 9.22. The van der Waals surface area contributed by atoms with E-state index in [2.05, 4.69) is 47.3 Å². The van der Waals surface area contributed by atoms with Gasteiger partial charge in [-0.15, -0.1) is 0 Å². The lowest BCUT2D eigenvalue weighted by Crippen LogP contribution is -2.16. The van der Waals surface area contributed by atoms with Crippen LogP contribution in [0.25, 0.3) is 0 Å². The first-order chi connectivity index (χ1) is 9.33. The molecular formula is C16H19NOS. The first kappa shape index (κ1) is 12.7. The van der Waals surface area contributed by atoms with E-state index < -0.39 is 0 Å². The van der Waals surface area contributed by atoms with Gasteiger partial charge < -0.3 is 10.1 Å². The van der Waals surface area contributed by atoms with Crippen molar-refractivity contribution in [3.8, 4) is 5.75 Å². The highest BCUT2D eigenvalue weighted by molar-refractivity contribution is 7.07. The summed E-state index contributed by atoms with van der Waals surface area (Å²) in [5.74, 6) is 1.04. The summed E-state index contributed by atoms with van der Waals surface area (Å²) in [6.45, 7) is 3.68. The topological polar surface area (TPSA) is 21.3 Å².